The first-order valence-electron chi connectivity index (χ1n) is 7.77. The Morgan fingerprint density at radius 1 is 1.20 bits per heavy atom. The van der Waals surface area contributed by atoms with E-state index in [-0.39, 0.29) is 0 Å². The lowest BCUT2D eigenvalue weighted by Crippen LogP contribution is -2.39. The maximum absolute atomic E-state index is 5.87. The quantitative estimate of drug-likeness (QED) is 0.712. The molecule has 1 saturated carbocycles. The Balaban J connectivity index is 1.80. The summed E-state index contributed by atoms with van der Waals surface area (Å²) in [7, 11) is 0. The Labute approximate surface area is 131 Å². The van der Waals surface area contributed by atoms with E-state index in [1.165, 1.54) is 32.2 Å². The van der Waals surface area contributed by atoms with Crippen LogP contribution in [0.3, 0.4) is 0 Å². The minimum Gasteiger partial charge on any atom is -0.492 e. The SMILES string of the molecule is CC(C)CN(CCOc1ccc(Br)cc1)C1CCCC1. The summed E-state index contributed by atoms with van der Waals surface area (Å²) < 4.78 is 6.96. The van der Waals surface area contributed by atoms with Gasteiger partial charge >= 0.3 is 0 Å². The smallest absolute Gasteiger partial charge is 0.119 e. The molecule has 1 aliphatic carbocycles. The molecule has 2 rings (SSSR count). The second-order valence-electron chi connectivity index (χ2n) is 6.13. The van der Waals surface area contributed by atoms with E-state index >= 15 is 0 Å². The van der Waals surface area contributed by atoms with Gasteiger partial charge in [0.15, 0.2) is 0 Å². The Morgan fingerprint density at radius 2 is 1.85 bits per heavy atom. The van der Waals surface area contributed by atoms with Crippen molar-refractivity contribution in [1.82, 2.24) is 4.90 Å². The van der Waals surface area contributed by atoms with Crippen LogP contribution in [0.2, 0.25) is 0 Å². The van der Waals surface area contributed by atoms with E-state index in [9.17, 15) is 0 Å². The lowest BCUT2D eigenvalue weighted by molar-refractivity contribution is 0.145. The Kier molecular flexibility index (Phi) is 6.37. The number of hydrogen-bond acceptors (Lipinski definition) is 2. The van der Waals surface area contributed by atoms with Gasteiger partial charge in [-0.15, -0.1) is 0 Å². The average molecular weight is 340 g/mol. The van der Waals surface area contributed by atoms with Crippen molar-refractivity contribution in [2.24, 2.45) is 5.92 Å². The normalized spacial score (nSPS) is 16.2. The molecular formula is C17H26BrNO. The first-order chi connectivity index (χ1) is 9.65. The number of ether oxygens (including phenoxy) is 1. The molecule has 2 nitrogen and oxygen atoms in total. The van der Waals surface area contributed by atoms with Crippen molar-refractivity contribution in [3.63, 3.8) is 0 Å². The molecular weight excluding hydrogens is 314 g/mol. The van der Waals surface area contributed by atoms with Crippen LogP contribution < -0.4 is 4.74 Å². The van der Waals surface area contributed by atoms with Crippen molar-refractivity contribution in [2.45, 2.75) is 45.6 Å². The Hall–Kier alpha value is -0.540. The van der Waals surface area contributed by atoms with Crippen molar-refractivity contribution in [2.75, 3.05) is 19.7 Å². The summed E-state index contributed by atoms with van der Waals surface area (Å²) in [6.45, 7) is 7.62. The largest absolute Gasteiger partial charge is 0.492 e. The molecule has 3 heteroatoms. The zero-order chi connectivity index (χ0) is 14.4. The Bertz CT molecular complexity index is 384. The molecule has 1 aromatic rings. The topological polar surface area (TPSA) is 12.5 Å². The monoisotopic (exact) mass is 339 g/mol. The van der Waals surface area contributed by atoms with E-state index in [4.69, 9.17) is 4.74 Å². The van der Waals surface area contributed by atoms with E-state index in [1.807, 2.05) is 24.3 Å². The van der Waals surface area contributed by atoms with E-state index in [1.54, 1.807) is 0 Å². The third-order valence-electron chi connectivity index (χ3n) is 3.90. The number of nitrogens with zero attached hydrogens (tertiary/aromatic N) is 1. The van der Waals surface area contributed by atoms with E-state index in [0.717, 1.165) is 35.3 Å². The van der Waals surface area contributed by atoms with Crippen molar-refractivity contribution >= 4 is 15.9 Å². The van der Waals surface area contributed by atoms with Crippen molar-refractivity contribution in [3.05, 3.63) is 28.7 Å². The molecule has 0 aliphatic heterocycles. The van der Waals surface area contributed by atoms with Gasteiger partial charge in [-0.1, -0.05) is 42.6 Å². The van der Waals surface area contributed by atoms with Gasteiger partial charge in [0.1, 0.15) is 12.4 Å². The minimum absolute atomic E-state index is 0.725. The maximum atomic E-state index is 5.87. The summed E-state index contributed by atoms with van der Waals surface area (Å²) in [4.78, 5) is 2.64. The molecule has 0 aromatic heterocycles. The van der Waals surface area contributed by atoms with E-state index in [2.05, 4.69) is 34.7 Å². The number of rotatable bonds is 7. The Morgan fingerprint density at radius 3 is 2.45 bits per heavy atom. The zero-order valence-electron chi connectivity index (χ0n) is 12.6. The van der Waals surface area contributed by atoms with Gasteiger partial charge in [-0.2, -0.15) is 0 Å². The molecule has 0 heterocycles. The highest BCUT2D eigenvalue weighted by atomic mass is 79.9. The van der Waals surface area contributed by atoms with Gasteiger partial charge in [0, 0.05) is 23.6 Å². The first-order valence-corrected chi connectivity index (χ1v) is 8.57. The van der Waals surface area contributed by atoms with Gasteiger partial charge in [-0.25, -0.2) is 0 Å². The fourth-order valence-corrected chi connectivity index (χ4v) is 3.24. The van der Waals surface area contributed by atoms with Crippen LogP contribution in [0.25, 0.3) is 0 Å². The highest BCUT2D eigenvalue weighted by Gasteiger charge is 2.22. The van der Waals surface area contributed by atoms with Gasteiger partial charge in [-0.3, -0.25) is 4.90 Å². The van der Waals surface area contributed by atoms with Crippen LogP contribution in [0.4, 0.5) is 0 Å². The predicted octanol–water partition coefficient (Wildman–Crippen LogP) is 4.73. The lowest BCUT2D eigenvalue weighted by atomic mass is 10.1. The van der Waals surface area contributed by atoms with Crippen LogP contribution in [0, 0.1) is 5.92 Å². The molecule has 20 heavy (non-hydrogen) atoms. The van der Waals surface area contributed by atoms with Crippen LogP contribution in [0.15, 0.2) is 28.7 Å². The molecule has 0 radical (unpaired) electrons. The fourth-order valence-electron chi connectivity index (χ4n) is 2.97. The van der Waals surface area contributed by atoms with Gasteiger partial charge in [0.2, 0.25) is 0 Å². The molecule has 0 amide bonds. The van der Waals surface area contributed by atoms with Crippen LogP contribution in [-0.4, -0.2) is 30.6 Å². The highest BCUT2D eigenvalue weighted by Crippen LogP contribution is 2.24. The second kappa shape index (κ2) is 8.04. The summed E-state index contributed by atoms with van der Waals surface area (Å²) in [5.74, 6) is 1.69. The molecule has 0 unspecified atom stereocenters. The third-order valence-corrected chi connectivity index (χ3v) is 4.43. The first kappa shape index (κ1) is 15.8. The van der Waals surface area contributed by atoms with Crippen LogP contribution >= 0.6 is 15.9 Å². The van der Waals surface area contributed by atoms with E-state index in [0.29, 0.717) is 0 Å². The molecule has 112 valence electrons. The standard InChI is InChI=1S/C17H26BrNO/c1-14(2)13-19(16-5-3-4-6-16)11-12-20-17-9-7-15(18)8-10-17/h7-10,14,16H,3-6,11-13H2,1-2H3. The van der Waals surface area contributed by atoms with Gasteiger partial charge in [0.05, 0.1) is 0 Å². The molecule has 1 aliphatic rings. The number of benzene rings is 1. The highest BCUT2D eigenvalue weighted by molar-refractivity contribution is 9.10. The van der Waals surface area contributed by atoms with Gasteiger partial charge < -0.3 is 4.74 Å². The fraction of sp³-hybridized carbons (Fsp3) is 0.647. The second-order valence-corrected chi connectivity index (χ2v) is 7.05. The average Bonchev–Trinajstić information content (AvgIpc) is 2.93. The summed E-state index contributed by atoms with van der Waals surface area (Å²) in [6.07, 6.45) is 5.52. The lowest BCUT2D eigenvalue weighted by Gasteiger charge is -2.30. The summed E-state index contributed by atoms with van der Waals surface area (Å²) in [6, 6.07) is 8.88. The maximum Gasteiger partial charge on any atom is 0.119 e. The number of hydrogen-bond donors (Lipinski definition) is 0. The van der Waals surface area contributed by atoms with Crippen molar-refractivity contribution < 1.29 is 4.74 Å². The molecule has 0 atom stereocenters. The minimum atomic E-state index is 0.725. The third kappa shape index (κ3) is 5.10. The molecule has 0 bridgehead atoms. The summed E-state index contributed by atoms with van der Waals surface area (Å²) >= 11 is 3.44. The molecule has 1 fully saturated rings. The van der Waals surface area contributed by atoms with Crippen LogP contribution in [0.5, 0.6) is 5.75 Å². The van der Waals surface area contributed by atoms with Crippen molar-refractivity contribution in [1.29, 1.82) is 0 Å². The van der Waals surface area contributed by atoms with Crippen LogP contribution in [-0.2, 0) is 0 Å². The van der Waals surface area contributed by atoms with Gasteiger partial charge in [0.25, 0.3) is 0 Å². The summed E-state index contributed by atoms with van der Waals surface area (Å²) in [5, 5.41) is 0. The molecule has 0 saturated heterocycles. The molecule has 1 aromatic carbocycles. The van der Waals surface area contributed by atoms with Crippen molar-refractivity contribution in [3.8, 4) is 5.75 Å². The molecule has 0 spiro atoms. The predicted molar refractivity (Wildman–Crippen MR) is 88.3 cm³/mol. The summed E-state index contributed by atoms with van der Waals surface area (Å²) in [5.41, 5.74) is 0. The molecule has 0 N–H and O–H groups in total. The number of halogens is 1. The zero-order valence-corrected chi connectivity index (χ0v) is 14.2. The van der Waals surface area contributed by atoms with Gasteiger partial charge in [-0.05, 0) is 43.0 Å². The van der Waals surface area contributed by atoms with Crippen LogP contribution in [0.1, 0.15) is 39.5 Å². The van der Waals surface area contributed by atoms with E-state index < -0.39 is 0 Å².